The van der Waals surface area contributed by atoms with E-state index in [0.717, 1.165) is 39.1 Å². The normalized spacial score (nSPS) is 23.1. The van der Waals surface area contributed by atoms with Crippen LogP contribution in [0.25, 0.3) is 0 Å². The first-order valence-corrected chi connectivity index (χ1v) is 19.2. The molecule has 5 aromatic rings. The predicted octanol–water partition coefficient (Wildman–Crippen LogP) is 9.30. The molecule has 2 aliphatic heterocycles. The molecule has 4 bridgehead atoms. The van der Waals surface area contributed by atoms with E-state index < -0.39 is 29.4 Å². The second-order valence-corrected chi connectivity index (χ2v) is 16.3. The van der Waals surface area contributed by atoms with Crippen LogP contribution in [0.5, 0.6) is 23.0 Å². The number of hydrogen-bond donors (Lipinski definition) is 0. The smallest absolute Gasteiger partial charge is 0.266 e. The van der Waals surface area contributed by atoms with Crippen LogP contribution in [0.3, 0.4) is 0 Å². The molecule has 0 unspecified atom stereocenters. The van der Waals surface area contributed by atoms with Crippen molar-refractivity contribution < 1.29 is 33.4 Å². The zero-order chi connectivity index (χ0) is 38.5. The lowest BCUT2D eigenvalue weighted by Gasteiger charge is -2.57. The molecule has 0 saturated heterocycles. The second kappa shape index (κ2) is 12.6. The van der Waals surface area contributed by atoms with Crippen molar-refractivity contribution in [1.29, 1.82) is 0 Å². The van der Waals surface area contributed by atoms with Gasteiger partial charge in [-0.3, -0.25) is 28.9 Å². The van der Waals surface area contributed by atoms with E-state index in [0.29, 0.717) is 17.2 Å². The monoisotopic (exact) mass is 742 g/mol. The number of rotatable bonds is 8. The Morgan fingerprint density at radius 2 is 1.07 bits per heavy atom. The van der Waals surface area contributed by atoms with Crippen LogP contribution in [-0.2, 0) is 5.41 Å². The van der Waals surface area contributed by atoms with Crippen LogP contribution in [0.2, 0.25) is 0 Å². The van der Waals surface area contributed by atoms with Crippen molar-refractivity contribution >= 4 is 35.1 Å². The van der Waals surface area contributed by atoms with Crippen LogP contribution in [0, 0.1) is 24.7 Å². The molecule has 9 nitrogen and oxygen atoms in total. The van der Waals surface area contributed by atoms with Crippen molar-refractivity contribution in [2.24, 2.45) is 17.8 Å². The van der Waals surface area contributed by atoms with Crippen molar-refractivity contribution in [2.45, 2.75) is 50.9 Å². The second-order valence-electron chi connectivity index (χ2n) is 16.3. The summed E-state index contributed by atoms with van der Waals surface area (Å²) in [6.45, 7) is 2.07. The van der Waals surface area contributed by atoms with E-state index in [1.807, 2.05) is 24.3 Å². The molecule has 4 amide bonds. The third-order valence-corrected chi connectivity index (χ3v) is 12.6. The lowest BCUT2D eigenvalue weighted by molar-refractivity contribution is -0.00606. The Bertz CT molecular complexity index is 2500. The largest absolute Gasteiger partial charge is 0.457 e. The van der Waals surface area contributed by atoms with Crippen molar-refractivity contribution in [3.05, 3.63) is 148 Å². The number of ether oxygens (including phenoxy) is 2. The van der Waals surface area contributed by atoms with Crippen LogP contribution >= 0.6 is 0 Å². The maximum atomic E-state index is 13.7. The van der Waals surface area contributed by atoms with Crippen molar-refractivity contribution in [2.75, 3.05) is 11.9 Å². The number of hydrogen-bond acceptors (Lipinski definition) is 7. The summed E-state index contributed by atoms with van der Waals surface area (Å²) in [6.07, 6.45) is 7.53. The number of benzene rings is 5. The first-order valence-electron chi connectivity index (χ1n) is 19.2. The van der Waals surface area contributed by atoms with Gasteiger partial charge >= 0.3 is 0 Å². The summed E-state index contributed by atoms with van der Waals surface area (Å²) in [5.41, 5.74) is 3.89. The molecule has 5 aromatic carbocycles. The van der Waals surface area contributed by atoms with Crippen molar-refractivity contribution in [3.63, 3.8) is 0 Å². The number of fused-ring (bicyclic) bond motifs is 2. The van der Waals surface area contributed by atoms with E-state index in [1.54, 1.807) is 24.3 Å². The van der Waals surface area contributed by atoms with E-state index in [2.05, 4.69) is 25.1 Å². The number of ketones is 1. The van der Waals surface area contributed by atoms with Crippen molar-refractivity contribution in [1.82, 2.24) is 4.90 Å². The Morgan fingerprint density at radius 1 is 0.571 bits per heavy atom. The molecule has 278 valence electrons. The number of carbonyl (C=O) groups is 5. The summed E-state index contributed by atoms with van der Waals surface area (Å²) < 4.78 is 13.0. The summed E-state index contributed by atoms with van der Waals surface area (Å²) >= 11 is 0. The number of anilines is 1. The quantitative estimate of drug-likeness (QED) is 0.115. The fraction of sp³-hybridized carbons (Fsp3) is 0.255. The van der Waals surface area contributed by atoms with Crippen LogP contribution in [0.1, 0.15) is 107 Å². The first-order chi connectivity index (χ1) is 27.0. The Morgan fingerprint density at radius 3 is 1.70 bits per heavy atom. The van der Waals surface area contributed by atoms with Gasteiger partial charge in [-0.1, -0.05) is 29.8 Å². The first kappa shape index (κ1) is 34.2. The topological polar surface area (TPSA) is 110 Å². The summed E-state index contributed by atoms with van der Waals surface area (Å²) in [6, 6.07) is 29.8. The third kappa shape index (κ3) is 5.47. The molecule has 4 saturated carbocycles. The molecule has 0 radical (unpaired) electrons. The van der Waals surface area contributed by atoms with Gasteiger partial charge in [0.2, 0.25) is 0 Å². The van der Waals surface area contributed by atoms with E-state index in [1.165, 1.54) is 93.1 Å². The maximum absolute atomic E-state index is 13.7. The van der Waals surface area contributed by atoms with Gasteiger partial charge in [-0.15, -0.1) is 0 Å². The molecule has 0 atom stereocenters. The Balaban J connectivity index is 0.892. The fourth-order valence-electron chi connectivity index (χ4n) is 10.3. The standard InChI is InChI=1S/C47H38N2O7/c1-26-3-9-34(10-4-26)56-41-16-13-35(22-40(41)47-23-27-17-28(24-47)19-29(18-27)25-47)55-33-11-7-32(8-12-33)49-45(53)37-15-6-31(21-39(37)46(49)54)42(50)30-5-14-36-38(20-30)44(52)48(2)43(36)51/h3-16,20-22,27-29H,17-19,23-25H2,1-2H3. The van der Waals surface area contributed by atoms with Crippen LogP contribution in [0.4, 0.5) is 5.69 Å². The fourth-order valence-corrected chi connectivity index (χ4v) is 10.3. The van der Waals surface area contributed by atoms with E-state index in [9.17, 15) is 24.0 Å². The molecule has 4 fully saturated rings. The molecule has 11 rings (SSSR count). The summed E-state index contributed by atoms with van der Waals surface area (Å²) in [4.78, 5) is 67.7. The maximum Gasteiger partial charge on any atom is 0.266 e. The zero-order valence-corrected chi connectivity index (χ0v) is 31.0. The molecule has 2 heterocycles. The van der Waals surface area contributed by atoms with Gasteiger partial charge in [-0.25, -0.2) is 4.90 Å². The van der Waals surface area contributed by atoms with Gasteiger partial charge in [0, 0.05) is 23.7 Å². The number of aryl methyl sites for hydroxylation is 1. The molecule has 9 heteroatoms. The molecular weight excluding hydrogens is 705 g/mol. The highest BCUT2D eigenvalue weighted by molar-refractivity contribution is 6.35. The minimum absolute atomic E-state index is 0.0611. The molecule has 4 aliphatic carbocycles. The van der Waals surface area contributed by atoms with E-state index in [-0.39, 0.29) is 38.8 Å². The number of imide groups is 2. The van der Waals surface area contributed by atoms with Gasteiger partial charge in [0.1, 0.15) is 23.0 Å². The van der Waals surface area contributed by atoms with Gasteiger partial charge in [-0.05, 0) is 147 Å². The summed E-state index contributed by atoms with van der Waals surface area (Å²) in [5.74, 6) is 2.83. The highest BCUT2D eigenvalue weighted by Gasteiger charge is 2.52. The summed E-state index contributed by atoms with van der Waals surface area (Å²) in [5, 5.41) is 0. The Labute approximate surface area is 323 Å². The summed E-state index contributed by atoms with van der Waals surface area (Å²) in [7, 11) is 1.39. The number of carbonyl (C=O) groups excluding carboxylic acids is 5. The molecule has 0 spiro atoms. The number of amides is 4. The SMILES string of the molecule is Cc1ccc(Oc2ccc(Oc3ccc(N4C(=O)c5ccc(C(=O)c6ccc7c(c6)C(=O)N(C)C7=O)cc5C4=O)cc3)cc2C23CC4CC(CC(C4)C2)C3)cc1. The predicted molar refractivity (Wildman–Crippen MR) is 208 cm³/mol. The molecule has 0 aromatic heterocycles. The van der Waals surface area contributed by atoms with Crippen molar-refractivity contribution in [3.8, 4) is 23.0 Å². The molecular formula is C47H38N2O7. The van der Waals surface area contributed by atoms with Gasteiger partial charge in [0.15, 0.2) is 5.78 Å². The van der Waals surface area contributed by atoms with Crippen LogP contribution < -0.4 is 14.4 Å². The highest BCUT2D eigenvalue weighted by atomic mass is 16.5. The number of nitrogens with zero attached hydrogens (tertiary/aromatic N) is 2. The van der Waals surface area contributed by atoms with Crippen LogP contribution in [0.15, 0.2) is 103 Å². The van der Waals surface area contributed by atoms with Gasteiger partial charge in [-0.2, -0.15) is 0 Å². The van der Waals surface area contributed by atoms with E-state index >= 15 is 0 Å². The lowest BCUT2D eigenvalue weighted by Crippen LogP contribution is -2.48. The van der Waals surface area contributed by atoms with Gasteiger partial charge in [0.25, 0.3) is 23.6 Å². The Hall–Kier alpha value is -6.35. The van der Waals surface area contributed by atoms with Gasteiger partial charge < -0.3 is 9.47 Å². The highest BCUT2D eigenvalue weighted by Crippen LogP contribution is 2.62. The molecule has 56 heavy (non-hydrogen) atoms. The minimum atomic E-state index is -0.547. The zero-order valence-electron chi connectivity index (χ0n) is 31.0. The van der Waals surface area contributed by atoms with E-state index in [4.69, 9.17) is 9.47 Å². The Kier molecular flexibility index (Phi) is 7.68. The van der Waals surface area contributed by atoms with Gasteiger partial charge in [0.05, 0.1) is 27.9 Å². The molecule has 6 aliphatic rings. The average molecular weight is 743 g/mol. The molecule has 0 N–H and O–H groups in total. The average Bonchev–Trinajstić information content (AvgIpc) is 3.57. The van der Waals surface area contributed by atoms with Crippen LogP contribution in [-0.4, -0.2) is 41.4 Å². The third-order valence-electron chi connectivity index (χ3n) is 12.6. The lowest BCUT2D eigenvalue weighted by atomic mass is 9.48. The minimum Gasteiger partial charge on any atom is -0.457 e.